The minimum atomic E-state index is -0.325. The SMILES string of the molecule is CC(=O)OC(=C(c1c(C)cc(C)cc1C)c1c(C)cc(C)cc1C)C(C)(C)C. The zero-order chi connectivity index (χ0) is 21.4. The summed E-state index contributed by atoms with van der Waals surface area (Å²) in [7, 11) is 0. The standard InChI is InChI=1S/C26H34O2/c1-15-11-17(3)22(18(4)12-15)24(25(26(8,9)10)28-21(7)27)23-19(5)13-16(2)14-20(23)6/h11-14H,1-10H3. The number of ether oxygens (including phenoxy) is 1. The van der Waals surface area contributed by atoms with Gasteiger partial charge in [-0.25, -0.2) is 0 Å². The summed E-state index contributed by atoms with van der Waals surface area (Å²) in [6, 6.07) is 8.81. The van der Waals surface area contributed by atoms with E-state index >= 15 is 0 Å². The molecule has 0 radical (unpaired) electrons. The van der Waals surface area contributed by atoms with Crippen molar-refractivity contribution in [3.8, 4) is 0 Å². The van der Waals surface area contributed by atoms with Crippen LogP contribution in [0.15, 0.2) is 30.0 Å². The highest BCUT2D eigenvalue weighted by Crippen LogP contribution is 2.42. The molecule has 0 amide bonds. The number of hydrogen-bond donors (Lipinski definition) is 0. The minimum Gasteiger partial charge on any atom is -0.430 e. The van der Waals surface area contributed by atoms with Crippen molar-refractivity contribution in [1.82, 2.24) is 0 Å². The van der Waals surface area contributed by atoms with E-state index in [0.717, 1.165) is 22.5 Å². The zero-order valence-electron chi connectivity index (χ0n) is 19.1. The summed E-state index contributed by atoms with van der Waals surface area (Å²) in [5, 5.41) is 0. The third-order valence-corrected chi connectivity index (χ3v) is 5.01. The predicted molar refractivity (Wildman–Crippen MR) is 119 cm³/mol. The van der Waals surface area contributed by atoms with Crippen molar-refractivity contribution in [2.45, 2.75) is 69.2 Å². The summed E-state index contributed by atoms with van der Waals surface area (Å²) in [5.74, 6) is 0.442. The molecule has 0 atom stereocenters. The van der Waals surface area contributed by atoms with Gasteiger partial charge in [-0.05, 0) is 74.9 Å². The average Bonchev–Trinajstić information content (AvgIpc) is 2.48. The molecule has 0 heterocycles. The molecule has 2 nitrogen and oxygen atoms in total. The first kappa shape index (κ1) is 21.9. The number of hydrogen-bond acceptors (Lipinski definition) is 2. The molecule has 2 aromatic rings. The average molecular weight is 379 g/mol. The molecule has 0 saturated carbocycles. The molecule has 28 heavy (non-hydrogen) atoms. The van der Waals surface area contributed by atoms with Gasteiger partial charge in [0.1, 0.15) is 5.76 Å². The molecule has 0 spiro atoms. The molecule has 0 saturated heterocycles. The summed E-state index contributed by atoms with van der Waals surface area (Å²) < 4.78 is 5.91. The number of benzene rings is 2. The van der Waals surface area contributed by atoms with Crippen molar-refractivity contribution in [3.63, 3.8) is 0 Å². The van der Waals surface area contributed by atoms with Gasteiger partial charge in [0.2, 0.25) is 0 Å². The van der Waals surface area contributed by atoms with Crippen LogP contribution in [0.1, 0.15) is 72.2 Å². The molecule has 0 aliphatic carbocycles. The number of rotatable bonds is 3. The lowest BCUT2D eigenvalue weighted by Gasteiger charge is -2.29. The molecule has 0 N–H and O–H groups in total. The fraction of sp³-hybridized carbons (Fsp3) is 0.423. The van der Waals surface area contributed by atoms with E-state index in [1.807, 2.05) is 0 Å². The van der Waals surface area contributed by atoms with Crippen molar-refractivity contribution in [2.24, 2.45) is 5.41 Å². The van der Waals surface area contributed by atoms with Gasteiger partial charge in [-0.2, -0.15) is 0 Å². The summed E-state index contributed by atoms with van der Waals surface area (Å²) >= 11 is 0. The number of allylic oxidation sites excluding steroid dienone is 1. The van der Waals surface area contributed by atoms with Gasteiger partial charge in [0.05, 0.1) is 0 Å². The van der Waals surface area contributed by atoms with Crippen LogP contribution in [0.2, 0.25) is 0 Å². The first-order valence-corrected chi connectivity index (χ1v) is 9.92. The third-order valence-electron chi connectivity index (χ3n) is 5.01. The van der Waals surface area contributed by atoms with Crippen LogP contribution in [-0.4, -0.2) is 5.97 Å². The van der Waals surface area contributed by atoms with Crippen LogP contribution in [-0.2, 0) is 9.53 Å². The van der Waals surface area contributed by atoms with Gasteiger partial charge in [-0.3, -0.25) is 4.79 Å². The van der Waals surface area contributed by atoms with Crippen LogP contribution >= 0.6 is 0 Å². The molecule has 0 bridgehead atoms. The van der Waals surface area contributed by atoms with E-state index in [9.17, 15) is 4.79 Å². The highest BCUT2D eigenvalue weighted by atomic mass is 16.5. The van der Waals surface area contributed by atoms with Gasteiger partial charge in [-0.1, -0.05) is 56.2 Å². The molecule has 2 rings (SSSR count). The second-order valence-corrected chi connectivity index (χ2v) is 9.10. The largest absolute Gasteiger partial charge is 0.430 e. The Balaban J connectivity index is 3.09. The molecule has 150 valence electrons. The van der Waals surface area contributed by atoms with Crippen molar-refractivity contribution < 1.29 is 9.53 Å². The lowest BCUT2D eigenvalue weighted by atomic mass is 9.79. The van der Waals surface area contributed by atoms with E-state index in [4.69, 9.17) is 4.74 Å². The Morgan fingerprint density at radius 2 is 1.04 bits per heavy atom. The van der Waals surface area contributed by atoms with Gasteiger partial charge < -0.3 is 4.74 Å². The van der Waals surface area contributed by atoms with Gasteiger partial charge in [0.15, 0.2) is 0 Å². The highest BCUT2D eigenvalue weighted by Gasteiger charge is 2.29. The normalized spacial score (nSPS) is 11.4. The van der Waals surface area contributed by atoms with Crippen molar-refractivity contribution >= 4 is 11.5 Å². The topological polar surface area (TPSA) is 26.3 Å². The maximum atomic E-state index is 12.1. The van der Waals surface area contributed by atoms with Gasteiger partial charge in [0, 0.05) is 17.9 Å². The maximum absolute atomic E-state index is 12.1. The van der Waals surface area contributed by atoms with E-state index in [1.165, 1.54) is 40.3 Å². The van der Waals surface area contributed by atoms with Crippen LogP contribution in [0, 0.1) is 47.0 Å². The lowest BCUT2D eigenvalue weighted by Crippen LogP contribution is -2.19. The van der Waals surface area contributed by atoms with Crippen LogP contribution < -0.4 is 0 Å². The Bertz CT molecular complexity index is 847. The van der Waals surface area contributed by atoms with Crippen LogP contribution in [0.5, 0.6) is 0 Å². The maximum Gasteiger partial charge on any atom is 0.307 e. The van der Waals surface area contributed by atoms with Crippen molar-refractivity contribution in [1.29, 1.82) is 0 Å². The van der Waals surface area contributed by atoms with Crippen LogP contribution in [0.3, 0.4) is 0 Å². The van der Waals surface area contributed by atoms with E-state index in [-0.39, 0.29) is 11.4 Å². The summed E-state index contributed by atoms with van der Waals surface area (Å²) in [6.07, 6.45) is 0. The number of carbonyl (C=O) groups excluding carboxylic acids is 1. The molecular formula is C26H34O2. The van der Waals surface area contributed by atoms with E-state index in [2.05, 4.69) is 86.6 Å². The summed E-state index contributed by atoms with van der Waals surface area (Å²) in [6.45, 7) is 20.6. The fourth-order valence-corrected chi connectivity index (χ4v) is 4.22. The molecule has 0 fully saturated rings. The molecule has 0 aliphatic rings. The van der Waals surface area contributed by atoms with Gasteiger partial charge in [0.25, 0.3) is 0 Å². The van der Waals surface area contributed by atoms with Gasteiger partial charge >= 0.3 is 5.97 Å². The van der Waals surface area contributed by atoms with E-state index < -0.39 is 0 Å². The van der Waals surface area contributed by atoms with Crippen LogP contribution in [0.4, 0.5) is 0 Å². The van der Waals surface area contributed by atoms with E-state index in [1.54, 1.807) is 0 Å². The second kappa shape index (κ2) is 7.95. The van der Waals surface area contributed by atoms with Gasteiger partial charge in [-0.15, -0.1) is 0 Å². The number of aryl methyl sites for hydroxylation is 6. The van der Waals surface area contributed by atoms with Crippen LogP contribution in [0.25, 0.3) is 5.57 Å². The monoisotopic (exact) mass is 378 g/mol. The highest BCUT2D eigenvalue weighted by molar-refractivity contribution is 5.89. The fourth-order valence-electron chi connectivity index (χ4n) is 4.22. The van der Waals surface area contributed by atoms with Crippen molar-refractivity contribution in [3.05, 3.63) is 74.5 Å². The Morgan fingerprint density at radius 1 is 0.714 bits per heavy atom. The first-order valence-electron chi connectivity index (χ1n) is 9.92. The molecule has 0 unspecified atom stereocenters. The molecule has 0 aliphatic heterocycles. The smallest absolute Gasteiger partial charge is 0.307 e. The molecule has 2 heteroatoms. The number of carbonyl (C=O) groups is 1. The summed E-state index contributed by atoms with van der Waals surface area (Å²) in [4.78, 5) is 12.1. The third kappa shape index (κ3) is 4.55. The number of esters is 1. The Labute approximate surface area is 170 Å². The second-order valence-electron chi connectivity index (χ2n) is 9.10. The lowest BCUT2D eigenvalue weighted by molar-refractivity contribution is -0.138. The Kier molecular flexibility index (Phi) is 6.23. The minimum absolute atomic E-state index is 0.285. The predicted octanol–water partition coefficient (Wildman–Crippen LogP) is 6.91. The molecule has 0 aromatic heterocycles. The quantitative estimate of drug-likeness (QED) is 0.428. The first-order chi connectivity index (χ1) is 12.8. The Morgan fingerprint density at radius 3 is 1.29 bits per heavy atom. The summed E-state index contributed by atoms with van der Waals surface area (Å²) in [5.41, 5.74) is 10.3. The van der Waals surface area contributed by atoms with E-state index in [0.29, 0.717) is 0 Å². The zero-order valence-corrected chi connectivity index (χ0v) is 19.1. The Hall–Kier alpha value is -2.35. The molecule has 2 aromatic carbocycles. The van der Waals surface area contributed by atoms with Crippen molar-refractivity contribution in [2.75, 3.05) is 0 Å². The molecular weight excluding hydrogens is 344 g/mol.